The van der Waals surface area contributed by atoms with Gasteiger partial charge in [0.05, 0.1) is 17.7 Å². The van der Waals surface area contributed by atoms with Crippen LogP contribution < -0.4 is 10.6 Å². The van der Waals surface area contributed by atoms with Crippen molar-refractivity contribution >= 4 is 17.3 Å². The first-order valence-corrected chi connectivity index (χ1v) is 9.52. The molecule has 0 spiro atoms. The van der Waals surface area contributed by atoms with Crippen LogP contribution in [0.25, 0.3) is 0 Å². The second-order valence-corrected chi connectivity index (χ2v) is 6.81. The smallest absolute Gasteiger partial charge is 0.391 e. The Labute approximate surface area is 160 Å². The molecule has 3 N–H and O–H groups in total. The third kappa shape index (κ3) is 7.56. The van der Waals surface area contributed by atoms with Gasteiger partial charge in [0.2, 0.25) is 0 Å². The van der Waals surface area contributed by atoms with Crippen molar-refractivity contribution in [1.29, 1.82) is 0 Å². The van der Waals surface area contributed by atoms with Crippen LogP contribution in [0, 0.1) is 0 Å². The lowest BCUT2D eigenvalue weighted by Crippen LogP contribution is -2.39. The maximum Gasteiger partial charge on any atom is 0.434 e. The number of halogens is 3. The van der Waals surface area contributed by atoms with Crippen molar-refractivity contribution in [3.63, 3.8) is 0 Å². The predicted octanol–water partition coefficient (Wildman–Crippen LogP) is 2.86. The van der Waals surface area contributed by atoms with Crippen molar-refractivity contribution < 1.29 is 18.3 Å². The van der Waals surface area contributed by atoms with Crippen LogP contribution in [-0.4, -0.2) is 41.8 Å². The Morgan fingerprint density at radius 1 is 1.26 bits per heavy atom. The number of thiazole rings is 1. The van der Waals surface area contributed by atoms with Crippen LogP contribution in [0.15, 0.2) is 40.7 Å². The van der Waals surface area contributed by atoms with Gasteiger partial charge in [0.1, 0.15) is 0 Å². The van der Waals surface area contributed by atoms with E-state index in [-0.39, 0.29) is 6.54 Å². The highest BCUT2D eigenvalue weighted by Gasteiger charge is 2.33. The molecule has 0 amide bonds. The van der Waals surface area contributed by atoms with Crippen LogP contribution in [0.4, 0.5) is 13.2 Å². The molecular formula is C18H23F3N4OS. The summed E-state index contributed by atoms with van der Waals surface area (Å²) >= 11 is 0.990. The molecule has 0 saturated carbocycles. The molecule has 1 heterocycles. The van der Waals surface area contributed by atoms with Gasteiger partial charge in [-0.25, -0.2) is 4.98 Å². The van der Waals surface area contributed by atoms with Gasteiger partial charge in [-0.3, -0.25) is 4.99 Å². The largest absolute Gasteiger partial charge is 0.434 e. The summed E-state index contributed by atoms with van der Waals surface area (Å²) in [5.41, 5.74) is 0.175. The maximum atomic E-state index is 12.6. The number of hydrogen-bond donors (Lipinski definition) is 3. The first-order chi connectivity index (χ1) is 12.9. The molecule has 0 fully saturated rings. The summed E-state index contributed by atoms with van der Waals surface area (Å²) < 4.78 is 37.7. The number of aromatic nitrogens is 1. The van der Waals surface area contributed by atoms with Gasteiger partial charge in [-0.1, -0.05) is 30.3 Å². The number of nitrogens with zero attached hydrogens (tertiary/aromatic N) is 2. The summed E-state index contributed by atoms with van der Waals surface area (Å²) in [6.07, 6.45) is -4.16. The minimum Gasteiger partial charge on any atom is -0.391 e. The third-order valence-corrected chi connectivity index (χ3v) is 4.50. The molecular weight excluding hydrogens is 377 g/mol. The van der Waals surface area contributed by atoms with Gasteiger partial charge in [0.15, 0.2) is 11.7 Å². The molecule has 5 nitrogen and oxygen atoms in total. The molecule has 1 aromatic carbocycles. The van der Waals surface area contributed by atoms with Gasteiger partial charge < -0.3 is 15.7 Å². The Bertz CT molecular complexity index is 719. The molecule has 0 saturated heterocycles. The highest BCUT2D eigenvalue weighted by atomic mass is 32.1. The number of hydrogen-bond acceptors (Lipinski definition) is 4. The van der Waals surface area contributed by atoms with Gasteiger partial charge in [0.25, 0.3) is 0 Å². The van der Waals surface area contributed by atoms with E-state index in [1.807, 2.05) is 37.3 Å². The Kier molecular flexibility index (Phi) is 8.05. The van der Waals surface area contributed by atoms with E-state index in [0.29, 0.717) is 36.9 Å². The third-order valence-electron chi connectivity index (χ3n) is 3.59. The molecule has 0 radical (unpaired) electrons. The minimum absolute atomic E-state index is 0.222. The first-order valence-electron chi connectivity index (χ1n) is 8.64. The molecule has 27 heavy (non-hydrogen) atoms. The number of guanidine groups is 1. The minimum atomic E-state index is -4.41. The Morgan fingerprint density at radius 3 is 2.63 bits per heavy atom. The molecule has 0 aliphatic heterocycles. The highest BCUT2D eigenvalue weighted by Crippen LogP contribution is 2.29. The van der Waals surface area contributed by atoms with Crippen molar-refractivity contribution in [2.75, 3.05) is 19.6 Å². The van der Waals surface area contributed by atoms with Gasteiger partial charge in [0, 0.05) is 31.3 Å². The Morgan fingerprint density at radius 2 is 2.00 bits per heavy atom. The van der Waals surface area contributed by atoms with Crippen LogP contribution in [0.5, 0.6) is 0 Å². The number of benzene rings is 1. The number of aliphatic hydroxyl groups excluding tert-OH is 1. The summed E-state index contributed by atoms with van der Waals surface area (Å²) in [5, 5.41) is 17.7. The molecule has 2 rings (SSSR count). The van der Waals surface area contributed by atoms with E-state index in [2.05, 4.69) is 20.6 Å². The van der Waals surface area contributed by atoms with Crippen molar-refractivity contribution in [3.8, 4) is 0 Å². The topological polar surface area (TPSA) is 69.5 Å². The lowest BCUT2D eigenvalue weighted by Gasteiger charge is -2.13. The summed E-state index contributed by atoms with van der Waals surface area (Å²) in [6.45, 7) is 3.16. The van der Waals surface area contributed by atoms with E-state index < -0.39 is 18.0 Å². The Balaban J connectivity index is 1.81. The SMILES string of the molecule is CCNC(=NCC(O)Cc1ccccc1)NCCc1nc(C(F)(F)F)cs1. The van der Waals surface area contributed by atoms with Crippen LogP contribution in [0.3, 0.4) is 0 Å². The predicted molar refractivity (Wildman–Crippen MR) is 101 cm³/mol. The van der Waals surface area contributed by atoms with Crippen LogP contribution in [0.1, 0.15) is 23.2 Å². The van der Waals surface area contributed by atoms with E-state index >= 15 is 0 Å². The number of aliphatic imine (C=N–C) groups is 1. The lowest BCUT2D eigenvalue weighted by atomic mass is 10.1. The molecule has 2 aromatic rings. The number of aliphatic hydroxyl groups is 1. The average molecular weight is 400 g/mol. The summed E-state index contributed by atoms with van der Waals surface area (Å²) in [4.78, 5) is 7.93. The van der Waals surface area contributed by atoms with E-state index in [9.17, 15) is 18.3 Å². The van der Waals surface area contributed by atoms with E-state index in [4.69, 9.17) is 0 Å². The van der Waals surface area contributed by atoms with E-state index in [1.54, 1.807) is 0 Å². The standard InChI is InChI=1S/C18H23F3N4OS/c1-2-22-17(24-11-14(26)10-13-6-4-3-5-7-13)23-9-8-16-25-15(12-27-16)18(19,20)21/h3-7,12,14,26H,2,8-11H2,1H3,(H2,22,23,24). The Hall–Kier alpha value is -2.13. The van der Waals surface area contributed by atoms with Crippen molar-refractivity contribution in [1.82, 2.24) is 15.6 Å². The van der Waals surface area contributed by atoms with Crippen LogP contribution in [-0.2, 0) is 19.0 Å². The van der Waals surface area contributed by atoms with Crippen LogP contribution >= 0.6 is 11.3 Å². The fourth-order valence-corrected chi connectivity index (χ4v) is 3.14. The van der Waals surface area contributed by atoms with Crippen molar-refractivity contribution in [2.24, 2.45) is 4.99 Å². The number of nitrogens with one attached hydrogen (secondary N) is 2. The van der Waals surface area contributed by atoms with Gasteiger partial charge in [-0.2, -0.15) is 13.2 Å². The van der Waals surface area contributed by atoms with Crippen LogP contribution in [0.2, 0.25) is 0 Å². The molecule has 1 atom stereocenters. The van der Waals surface area contributed by atoms with Crippen molar-refractivity contribution in [3.05, 3.63) is 52.0 Å². The summed E-state index contributed by atoms with van der Waals surface area (Å²) in [5.74, 6) is 0.511. The lowest BCUT2D eigenvalue weighted by molar-refractivity contribution is -0.140. The zero-order valence-corrected chi connectivity index (χ0v) is 15.8. The summed E-state index contributed by atoms with van der Waals surface area (Å²) in [7, 11) is 0. The molecule has 0 aliphatic carbocycles. The molecule has 1 unspecified atom stereocenters. The first kappa shape index (κ1) is 21.2. The zero-order chi connectivity index (χ0) is 19.7. The molecule has 0 bridgehead atoms. The molecule has 0 aliphatic rings. The monoisotopic (exact) mass is 400 g/mol. The fraction of sp³-hybridized carbons (Fsp3) is 0.444. The van der Waals surface area contributed by atoms with Gasteiger partial charge >= 0.3 is 6.18 Å². The highest BCUT2D eigenvalue weighted by molar-refractivity contribution is 7.09. The van der Waals surface area contributed by atoms with E-state index in [1.165, 1.54) is 0 Å². The summed E-state index contributed by atoms with van der Waals surface area (Å²) in [6, 6.07) is 9.64. The molecule has 148 valence electrons. The van der Waals surface area contributed by atoms with Crippen molar-refractivity contribution in [2.45, 2.75) is 32.0 Å². The number of rotatable bonds is 8. The second-order valence-electron chi connectivity index (χ2n) is 5.86. The normalized spacial score (nSPS) is 13.4. The molecule has 9 heteroatoms. The quantitative estimate of drug-likeness (QED) is 0.471. The van der Waals surface area contributed by atoms with Gasteiger partial charge in [-0.15, -0.1) is 11.3 Å². The van der Waals surface area contributed by atoms with E-state index in [0.717, 1.165) is 22.3 Å². The average Bonchev–Trinajstić information content (AvgIpc) is 3.10. The fourth-order valence-electron chi connectivity index (χ4n) is 2.33. The second kappa shape index (κ2) is 10.3. The number of alkyl halides is 3. The molecule has 1 aromatic heterocycles. The zero-order valence-electron chi connectivity index (χ0n) is 15.0. The maximum absolute atomic E-state index is 12.6. The van der Waals surface area contributed by atoms with Gasteiger partial charge in [-0.05, 0) is 12.5 Å².